The number of carbonyl (C=O) groups is 2. The maximum atomic E-state index is 11.7. The predicted molar refractivity (Wildman–Crippen MR) is 49.2 cm³/mol. The zero-order chi connectivity index (χ0) is 9.59. The smallest absolute Gasteiger partial charge is 0.146 e. The fourth-order valence-corrected chi connectivity index (χ4v) is 1.90. The molecule has 0 aromatic heterocycles. The fourth-order valence-electron chi connectivity index (χ4n) is 1.90. The highest BCUT2D eigenvalue weighted by Crippen LogP contribution is 2.42. The minimum atomic E-state index is -0.317. The van der Waals surface area contributed by atoms with E-state index in [4.69, 9.17) is 0 Å². The van der Waals surface area contributed by atoms with Crippen LogP contribution in [0.4, 0.5) is 0 Å². The van der Waals surface area contributed by atoms with Crippen LogP contribution in [0.2, 0.25) is 0 Å². The van der Waals surface area contributed by atoms with Gasteiger partial charge in [0.05, 0.1) is 5.92 Å². The molecule has 0 saturated heterocycles. The van der Waals surface area contributed by atoms with Gasteiger partial charge < -0.3 is 0 Å². The monoisotopic (exact) mass is 180 g/mol. The van der Waals surface area contributed by atoms with E-state index >= 15 is 0 Å². The molecule has 0 aliphatic heterocycles. The van der Waals surface area contributed by atoms with Gasteiger partial charge in [-0.05, 0) is 32.1 Å². The molecule has 3 unspecified atom stereocenters. The van der Waals surface area contributed by atoms with Crippen LogP contribution in [0.5, 0.6) is 0 Å². The van der Waals surface area contributed by atoms with Crippen molar-refractivity contribution in [1.29, 1.82) is 0 Å². The van der Waals surface area contributed by atoms with Crippen molar-refractivity contribution in [2.45, 2.75) is 33.1 Å². The van der Waals surface area contributed by atoms with E-state index in [1.54, 1.807) is 6.92 Å². The van der Waals surface area contributed by atoms with Crippen molar-refractivity contribution in [3.63, 3.8) is 0 Å². The maximum Gasteiger partial charge on any atom is 0.146 e. The van der Waals surface area contributed by atoms with Gasteiger partial charge in [0.2, 0.25) is 0 Å². The molecule has 2 fully saturated rings. The lowest BCUT2D eigenvalue weighted by atomic mass is 9.94. The highest BCUT2D eigenvalue weighted by Gasteiger charge is 2.44. The summed E-state index contributed by atoms with van der Waals surface area (Å²) < 4.78 is 0. The van der Waals surface area contributed by atoms with Gasteiger partial charge in [0.15, 0.2) is 0 Å². The van der Waals surface area contributed by atoms with Gasteiger partial charge in [-0.15, -0.1) is 0 Å². The van der Waals surface area contributed by atoms with Crippen LogP contribution < -0.4 is 0 Å². The molecule has 2 rings (SSSR count). The first-order valence-corrected chi connectivity index (χ1v) is 5.18. The van der Waals surface area contributed by atoms with Crippen LogP contribution in [-0.4, -0.2) is 11.6 Å². The number of hydrogen-bond acceptors (Lipinski definition) is 2. The van der Waals surface area contributed by atoms with Crippen LogP contribution in [0.1, 0.15) is 33.1 Å². The first-order valence-electron chi connectivity index (χ1n) is 5.18. The minimum Gasteiger partial charge on any atom is -0.299 e. The van der Waals surface area contributed by atoms with E-state index in [1.807, 2.05) is 0 Å². The fraction of sp³-hybridized carbons (Fsp3) is 0.818. The largest absolute Gasteiger partial charge is 0.299 e. The summed E-state index contributed by atoms with van der Waals surface area (Å²) in [5.41, 5.74) is 0. The SMILES string of the molecule is CC(C(=O)C1CC1)C(=O)C1CC1C. The van der Waals surface area contributed by atoms with Gasteiger partial charge in [-0.1, -0.05) is 6.92 Å². The van der Waals surface area contributed by atoms with E-state index in [-0.39, 0.29) is 29.3 Å². The molecule has 13 heavy (non-hydrogen) atoms. The first-order chi connectivity index (χ1) is 6.11. The topological polar surface area (TPSA) is 34.1 Å². The van der Waals surface area contributed by atoms with Crippen LogP contribution in [0, 0.1) is 23.7 Å². The Hall–Kier alpha value is -0.660. The molecule has 0 amide bonds. The normalized spacial score (nSPS) is 34.0. The van der Waals surface area contributed by atoms with Gasteiger partial charge in [0.1, 0.15) is 11.6 Å². The van der Waals surface area contributed by atoms with Crippen molar-refractivity contribution >= 4 is 11.6 Å². The minimum absolute atomic E-state index is 0.198. The van der Waals surface area contributed by atoms with E-state index in [0.29, 0.717) is 5.92 Å². The average Bonchev–Trinajstić information content (AvgIpc) is 2.93. The van der Waals surface area contributed by atoms with Crippen molar-refractivity contribution in [3.05, 3.63) is 0 Å². The molecule has 2 aliphatic rings. The first kappa shape index (κ1) is 8.92. The lowest BCUT2D eigenvalue weighted by Crippen LogP contribution is -2.24. The van der Waals surface area contributed by atoms with Gasteiger partial charge >= 0.3 is 0 Å². The zero-order valence-corrected chi connectivity index (χ0v) is 8.25. The third-order valence-corrected chi connectivity index (χ3v) is 3.31. The zero-order valence-electron chi connectivity index (χ0n) is 8.25. The Morgan fingerprint density at radius 1 is 1.23 bits per heavy atom. The second-order valence-corrected chi connectivity index (χ2v) is 4.62. The van der Waals surface area contributed by atoms with Gasteiger partial charge in [-0.2, -0.15) is 0 Å². The van der Waals surface area contributed by atoms with Crippen molar-refractivity contribution in [1.82, 2.24) is 0 Å². The summed E-state index contributed by atoms with van der Waals surface area (Å²) in [5, 5.41) is 0. The number of Topliss-reactive ketones (excluding diaryl/α,β-unsaturated/α-hetero) is 2. The summed E-state index contributed by atoms with van der Waals surface area (Å²) in [6.07, 6.45) is 3.02. The van der Waals surface area contributed by atoms with Crippen molar-refractivity contribution in [2.24, 2.45) is 23.7 Å². The number of carbonyl (C=O) groups excluding carboxylic acids is 2. The quantitative estimate of drug-likeness (QED) is 0.618. The molecule has 0 bridgehead atoms. The predicted octanol–water partition coefficient (Wildman–Crippen LogP) is 1.83. The van der Waals surface area contributed by atoms with Crippen LogP contribution in [-0.2, 0) is 9.59 Å². The highest BCUT2D eigenvalue weighted by atomic mass is 16.2. The van der Waals surface area contributed by atoms with E-state index in [0.717, 1.165) is 19.3 Å². The third-order valence-electron chi connectivity index (χ3n) is 3.31. The number of hydrogen-bond donors (Lipinski definition) is 0. The lowest BCUT2D eigenvalue weighted by molar-refractivity contribution is -0.133. The van der Waals surface area contributed by atoms with Gasteiger partial charge in [0, 0.05) is 11.8 Å². The third kappa shape index (κ3) is 1.67. The molecular formula is C11H16O2. The summed E-state index contributed by atoms with van der Waals surface area (Å²) in [6, 6.07) is 0. The Morgan fingerprint density at radius 3 is 2.15 bits per heavy atom. The maximum absolute atomic E-state index is 11.7. The average molecular weight is 180 g/mol. The molecule has 0 spiro atoms. The van der Waals surface area contributed by atoms with Crippen LogP contribution in [0.25, 0.3) is 0 Å². The molecule has 2 nitrogen and oxygen atoms in total. The Balaban J connectivity index is 1.91. The highest BCUT2D eigenvalue weighted by molar-refractivity contribution is 6.05. The van der Waals surface area contributed by atoms with Crippen molar-refractivity contribution in [3.8, 4) is 0 Å². The second-order valence-electron chi connectivity index (χ2n) is 4.62. The summed E-state index contributed by atoms with van der Waals surface area (Å²) in [5.74, 6) is 1.05. The van der Waals surface area contributed by atoms with Gasteiger partial charge in [0.25, 0.3) is 0 Å². The van der Waals surface area contributed by atoms with E-state index < -0.39 is 0 Å². The van der Waals surface area contributed by atoms with E-state index in [9.17, 15) is 9.59 Å². The van der Waals surface area contributed by atoms with Gasteiger partial charge in [-0.3, -0.25) is 9.59 Å². The second kappa shape index (κ2) is 2.93. The lowest BCUT2D eigenvalue weighted by Gasteiger charge is -2.07. The van der Waals surface area contributed by atoms with E-state index in [1.165, 1.54) is 0 Å². The Morgan fingerprint density at radius 2 is 1.77 bits per heavy atom. The van der Waals surface area contributed by atoms with Crippen LogP contribution >= 0.6 is 0 Å². The van der Waals surface area contributed by atoms with Crippen molar-refractivity contribution in [2.75, 3.05) is 0 Å². The molecule has 2 saturated carbocycles. The summed E-state index contributed by atoms with van der Waals surface area (Å²) in [4.78, 5) is 23.2. The molecule has 0 heterocycles. The molecular weight excluding hydrogens is 164 g/mol. The van der Waals surface area contributed by atoms with Crippen molar-refractivity contribution < 1.29 is 9.59 Å². The molecule has 72 valence electrons. The summed E-state index contributed by atoms with van der Waals surface area (Å²) in [6.45, 7) is 3.87. The standard InChI is InChI=1S/C11H16O2/c1-6-5-9(6)11(13)7(2)10(12)8-3-4-8/h6-9H,3-5H2,1-2H3. The van der Waals surface area contributed by atoms with E-state index in [2.05, 4.69) is 6.92 Å². The molecule has 3 atom stereocenters. The molecule has 0 radical (unpaired) electrons. The number of ketones is 2. The molecule has 0 aromatic rings. The molecule has 0 aromatic carbocycles. The van der Waals surface area contributed by atoms with Gasteiger partial charge in [-0.25, -0.2) is 0 Å². The Kier molecular flexibility index (Phi) is 2.01. The Bertz CT molecular complexity index is 253. The Labute approximate surface area is 78.7 Å². The molecule has 2 aliphatic carbocycles. The summed E-state index contributed by atoms with van der Waals surface area (Å²) >= 11 is 0. The molecule has 2 heteroatoms. The van der Waals surface area contributed by atoms with Crippen LogP contribution in [0.15, 0.2) is 0 Å². The van der Waals surface area contributed by atoms with Crippen LogP contribution in [0.3, 0.4) is 0 Å². The molecule has 0 N–H and O–H groups in total. The summed E-state index contributed by atoms with van der Waals surface area (Å²) in [7, 11) is 0. The number of rotatable bonds is 4.